The number of fused-ring (bicyclic) bond motifs is 2. The maximum atomic E-state index is 15.6. The van der Waals surface area contributed by atoms with E-state index >= 15 is 17.6 Å². The van der Waals surface area contributed by atoms with Crippen LogP contribution in [0.2, 0.25) is 0 Å². The summed E-state index contributed by atoms with van der Waals surface area (Å²) in [6.45, 7) is 0. The summed E-state index contributed by atoms with van der Waals surface area (Å²) in [7, 11) is 0. The summed E-state index contributed by atoms with van der Waals surface area (Å²) in [4.78, 5) is 0. The van der Waals surface area contributed by atoms with Gasteiger partial charge < -0.3 is 0 Å². The third kappa shape index (κ3) is 4.48. The van der Waals surface area contributed by atoms with Crippen LogP contribution in [-0.4, -0.2) is 0 Å². The van der Waals surface area contributed by atoms with Crippen molar-refractivity contribution in [3.63, 3.8) is 0 Å². The number of halogens is 12. The van der Waals surface area contributed by atoms with Gasteiger partial charge in [-0.1, -0.05) is 0 Å². The molecule has 2 aliphatic rings. The Morgan fingerprint density at radius 1 is 0.395 bits per heavy atom. The second kappa shape index (κ2) is 11.5. The predicted molar refractivity (Wildman–Crippen MR) is 139 cm³/mol. The molecule has 0 radical (unpaired) electrons. The fourth-order valence-corrected chi connectivity index (χ4v) is 9.30. The summed E-state index contributed by atoms with van der Waals surface area (Å²) in [6, 6.07) is 11.7. The minimum atomic E-state index is -2.69. The standard InChI is InChI=1S/2C15H6F5.2ClH.Ti/c2*16-11-10(12(17)14(19)15(20)13(11)18)9-6-5-7-3-1-2-4-8(7)9;;;/h2*1-6H;2*1H;. The van der Waals surface area contributed by atoms with Gasteiger partial charge in [0.25, 0.3) is 0 Å². The zero-order valence-electron chi connectivity index (χ0n) is 21.0. The molecule has 0 aromatic heterocycles. The molecule has 0 spiro atoms. The van der Waals surface area contributed by atoms with Gasteiger partial charge in [-0.05, 0) is 0 Å². The Kier molecular flexibility index (Phi) is 8.76. The van der Waals surface area contributed by atoms with Crippen LogP contribution in [0, 0.1) is 58.2 Å². The van der Waals surface area contributed by atoms with Gasteiger partial charge in [-0.3, -0.25) is 0 Å². The van der Waals surface area contributed by atoms with Crippen molar-refractivity contribution in [1.82, 2.24) is 0 Å². The molecule has 0 amide bonds. The first-order chi connectivity index (χ1) is 19.5. The molecular weight excluding hydrogens is 669 g/mol. The van der Waals surface area contributed by atoms with Gasteiger partial charge in [-0.25, -0.2) is 0 Å². The number of allylic oxidation sites excluding steroid dienone is 2. The van der Waals surface area contributed by atoms with E-state index in [4.69, 9.17) is 0 Å². The molecule has 4 aromatic rings. The maximum absolute atomic E-state index is 15.6. The summed E-state index contributed by atoms with van der Waals surface area (Å²) >= 11 is -2.69. The molecule has 6 rings (SSSR count). The third-order valence-electron chi connectivity index (χ3n) is 7.40. The number of rotatable bonds is 4. The van der Waals surface area contributed by atoms with Crippen LogP contribution in [0.15, 0.2) is 60.7 Å². The topological polar surface area (TPSA) is 0 Å². The molecule has 0 bridgehead atoms. The molecule has 0 heterocycles. The van der Waals surface area contributed by atoms with E-state index in [0.29, 0.717) is 11.1 Å². The number of benzene rings is 4. The van der Waals surface area contributed by atoms with Crippen molar-refractivity contribution in [3.05, 3.63) is 152 Å². The Balaban J connectivity index is 0.00000212. The van der Waals surface area contributed by atoms with E-state index in [9.17, 15) is 26.3 Å². The van der Waals surface area contributed by atoms with Gasteiger partial charge in [-0.2, -0.15) is 0 Å². The Hall–Kier alpha value is -3.05. The molecule has 222 valence electrons. The molecular formula is C30H14Cl2F10Ti. The molecule has 43 heavy (non-hydrogen) atoms. The molecule has 0 nitrogen and oxygen atoms in total. The molecule has 2 aliphatic carbocycles. The van der Waals surface area contributed by atoms with E-state index < -0.39 is 95.9 Å². The van der Waals surface area contributed by atoms with Crippen LogP contribution >= 0.6 is 24.8 Å². The first-order valence-electron chi connectivity index (χ1n) is 11.9. The van der Waals surface area contributed by atoms with Crippen molar-refractivity contribution in [2.24, 2.45) is 0 Å². The second-order valence-corrected chi connectivity index (χ2v) is 12.3. The van der Waals surface area contributed by atoms with E-state index in [1.807, 2.05) is 0 Å². The fraction of sp³-hybridized carbons (Fsp3) is 0.0667. The van der Waals surface area contributed by atoms with E-state index in [0.717, 1.165) is 0 Å². The van der Waals surface area contributed by atoms with Crippen LogP contribution in [0.1, 0.15) is 33.4 Å². The molecule has 0 N–H and O–H groups in total. The minimum absolute atomic E-state index is 0. The molecule has 0 fully saturated rings. The van der Waals surface area contributed by atoms with Crippen molar-refractivity contribution in [3.8, 4) is 0 Å². The van der Waals surface area contributed by atoms with Gasteiger partial charge in [0.1, 0.15) is 0 Å². The second-order valence-electron chi connectivity index (χ2n) is 9.47. The molecule has 13 heteroatoms. The SMILES string of the molecule is Cl.Cl.Fc1c(F)c(F)c([C]2([Ti][C]3(c4c(F)c(F)c(F)c(F)c4F)C=Cc4ccccc43)C=Cc3ccccc32)c(F)c1F. The molecule has 0 aliphatic heterocycles. The van der Waals surface area contributed by atoms with Crippen molar-refractivity contribution in [2.45, 2.75) is 7.44 Å². The van der Waals surface area contributed by atoms with Crippen LogP contribution in [0.25, 0.3) is 12.2 Å². The van der Waals surface area contributed by atoms with Crippen LogP contribution < -0.4 is 0 Å². The average Bonchev–Trinajstić information content (AvgIpc) is 3.53. The molecule has 2 atom stereocenters. The van der Waals surface area contributed by atoms with E-state index in [1.54, 1.807) is 12.1 Å². The van der Waals surface area contributed by atoms with Crippen LogP contribution in [0.3, 0.4) is 0 Å². The molecule has 2 unspecified atom stereocenters. The monoisotopic (exact) mass is 682 g/mol. The summed E-state index contributed by atoms with van der Waals surface area (Å²) in [6.07, 6.45) is 5.04. The first kappa shape index (κ1) is 32.9. The van der Waals surface area contributed by atoms with Crippen molar-refractivity contribution < 1.29 is 63.1 Å². The van der Waals surface area contributed by atoms with Crippen molar-refractivity contribution in [1.29, 1.82) is 0 Å². The van der Waals surface area contributed by atoms with Gasteiger partial charge in [0.2, 0.25) is 0 Å². The van der Waals surface area contributed by atoms with Crippen LogP contribution in [0.5, 0.6) is 0 Å². The zero-order valence-corrected chi connectivity index (χ0v) is 24.2. The quantitative estimate of drug-likeness (QED) is 0.0872. The first-order valence-corrected chi connectivity index (χ1v) is 13.4. The van der Waals surface area contributed by atoms with Crippen molar-refractivity contribution >= 4 is 37.0 Å². The van der Waals surface area contributed by atoms with Gasteiger partial charge in [0.05, 0.1) is 0 Å². The Morgan fingerprint density at radius 2 is 0.674 bits per heavy atom. The third-order valence-corrected chi connectivity index (χ3v) is 10.8. The summed E-state index contributed by atoms with van der Waals surface area (Å²) in [5.41, 5.74) is -1.85. The zero-order chi connectivity index (χ0) is 29.4. The molecule has 0 saturated carbocycles. The Morgan fingerprint density at radius 3 is 1.00 bits per heavy atom. The van der Waals surface area contributed by atoms with E-state index in [2.05, 4.69) is 0 Å². The van der Waals surface area contributed by atoms with Crippen LogP contribution in [-0.2, 0) is 26.6 Å². The summed E-state index contributed by atoms with van der Waals surface area (Å²) < 4.78 is 144. The van der Waals surface area contributed by atoms with E-state index in [-0.39, 0.29) is 35.9 Å². The Bertz CT molecular complexity index is 1670. The number of hydrogen-bond donors (Lipinski definition) is 0. The van der Waals surface area contributed by atoms with E-state index in [1.165, 1.54) is 60.7 Å². The Labute approximate surface area is 258 Å². The average molecular weight is 683 g/mol. The van der Waals surface area contributed by atoms with Gasteiger partial charge in [0.15, 0.2) is 0 Å². The number of hydrogen-bond acceptors (Lipinski definition) is 0. The normalized spacial score (nSPS) is 19.5. The fourth-order valence-electron chi connectivity index (χ4n) is 5.60. The van der Waals surface area contributed by atoms with Crippen LogP contribution in [0.4, 0.5) is 43.9 Å². The summed E-state index contributed by atoms with van der Waals surface area (Å²) in [5.74, 6) is -22.5. The van der Waals surface area contributed by atoms with Gasteiger partial charge >= 0.3 is 235 Å². The molecule has 4 aromatic carbocycles. The van der Waals surface area contributed by atoms with Gasteiger partial charge in [-0.15, -0.1) is 24.8 Å². The van der Waals surface area contributed by atoms with Crippen molar-refractivity contribution in [2.75, 3.05) is 0 Å². The molecule has 0 saturated heterocycles. The van der Waals surface area contributed by atoms with Gasteiger partial charge in [0, 0.05) is 0 Å². The summed E-state index contributed by atoms with van der Waals surface area (Å²) in [5, 5.41) is 0. The predicted octanol–water partition coefficient (Wildman–Crippen LogP) is 9.24.